The van der Waals surface area contributed by atoms with E-state index >= 15 is 0 Å². The van der Waals surface area contributed by atoms with Crippen LogP contribution in [-0.2, 0) is 6.42 Å². The van der Waals surface area contributed by atoms with Crippen molar-refractivity contribution in [3.8, 4) is 0 Å². The van der Waals surface area contributed by atoms with Gasteiger partial charge in [-0.2, -0.15) is 0 Å². The van der Waals surface area contributed by atoms with Crippen molar-refractivity contribution >= 4 is 15.9 Å². The van der Waals surface area contributed by atoms with Crippen LogP contribution >= 0.6 is 15.9 Å². The zero-order valence-corrected chi connectivity index (χ0v) is 7.47. The van der Waals surface area contributed by atoms with Gasteiger partial charge in [0.25, 0.3) is 0 Å². The fourth-order valence-electron chi connectivity index (χ4n) is 0.754. The minimum absolute atomic E-state index is 0.630. The van der Waals surface area contributed by atoms with Crippen LogP contribution in [0.2, 0.25) is 0 Å². The van der Waals surface area contributed by atoms with Crippen LogP contribution in [0.1, 0.15) is 12.6 Å². The van der Waals surface area contributed by atoms with E-state index in [2.05, 4.69) is 28.0 Å². The first-order valence-corrected chi connectivity index (χ1v) is 4.40. The molecule has 0 saturated heterocycles. The van der Waals surface area contributed by atoms with E-state index in [1.165, 1.54) is 0 Å². The number of aromatic nitrogens is 1. The van der Waals surface area contributed by atoms with Gasteiger partial charge in [-0.25, -0.2) is 0 Å². The average Bonchev–Trinajstić information content (AvgIpc) is 2.40. The Labute approximate surface area is 68.7 Å². The third-order valence-corrected chi connectivity index (χ3v) is 2.42. The van der Waals surface area contributed by atoms with Crippen molar-refractivity contribution in [2.45, 2.75) is 13.3 Å². The molecule has 0 radical (unpaired) electrons. The molecule has 1 atom stereocenters. The Morgan fingerprint density at radius 2 is 2.60 bits per heavy atom. The van der Waals surface area contributed by atoms with Crippen LogP contribution in [0.25, 0.3) is 0 Å². The van der Waals surface area contributed by atoms with Gasteiger partial charge in [-0.1, -0.05) is 28.0 Å². The van der Waals surface area contributed by atoms with Gasteiger partial charge in [-0.3, -0.25) is 0 Å². The second kappa shape index (κ2) is 3.76. The van der Waals surface area contributed by atoms with E-state index in [9.17, 15) is 0 Å². The van der Waals surface area contributed by atoms with E-state index in [-0.39, 0.29) is 0 Å². The topological polar surface area (TPSA) is 26.0 Å². The normalized spacial score (nSPS) is 13.4. The molecule has 56 valence electrons. The molecule has 0 aliphatic carbocycles. The molecule has 0 spiro atoms. The van der Waals surface area contributed by atoms with Crippen molar-refractivity contribution in [1.29, 1.82) is 0 Å². The summed E-state index contributed by atoms with van der Waals surface area (Å²) in [7, 11) is 0. The minimum Gasteiger partial charge on any atom is -0.365 e. The minimum atomic E-state index is 0.630. The smallest absolute Gasteiger partial charge is 0.124 e. The standard InChI is InChI=1S/C7H10BrNO/c1-6(5-8)4-7-2-3-10-9-7/h2-3,6H,4-5H2,1H3. The molecule has 0 aliphatic heterocycles. The monoisotopic (exact) mass is 203 g/mol. The lowest BCUT2D eigenvalue weighted by Crippen LogP contribution is -2.00. The highest BCUT2D eigenvalue weighted by Crippen LogP contribution is 2.07. The first-order valence-electron chi connectivity index (χ1n) is 3.28. The lowest BCUT2D eigenvalue weighted by molar-refractivity contribution is 0.407. The molecule has 0 aromatic carbocycles. The van der Waals surface area contributed by atoms with E-state index in [1.54, 1.807) is 6.26 Å². The number of halogens is 1. The SMILES string of the molecule is CC(CBr)Cc1ccon1. The third kappa shape index (κ3) is 2.14. The highest BCUT2D eigenvalue weighted by Gasteiger charge is 2.02. The van der Waals surface area contributed by atoms with Crippen LogP contribution in [0.3, 0.4) is 0 Å². The van der Waals surface area contributed by atoms with E-state index in [1.807, 2.05) is 6.07 Å². The maximum Gasteiger partial charge on any atom is 0.124 e. The highest BCUT2D eigenvalue weighted by molar-refractivity contribution is 9.09. The van der Waals surface area contributed by atoms with Gasteiger partial charge < -0.3 is 4.52 Å². The van der Waals surface area contributed by atoms with Gasteiger partial charge in [-0.05, 0) is 12.3 Å². The summed E-state index contributed by atoms with van der Waals surface area (Å²) in [5.41, 5.74) is 1.03. The third-order valence-electron chi connectivity index (χ3n) is 1.31. The summed E-state index contributed by atoms with van der Waals surface area (Å²) in [4.78, 5) is 0. The lowest BCUT2D eigenvalue weighted by atomic mass is 10.1. The molecule has 0 bridgehead atoms. The van der Waals surface area contributed by atoms with Crippen LogP contribution in [0.15, 0.2) is 16.9 Å². The zero-order valence-electron chi connectivity index (χ0n) is 5.88. The Morgan fingerprint density at radius 3 is 3.10 bits per heavy atom. The molecular weight excluding hydrogens is 194 g/mol. The fourth-order valence-corrected chi connectivity index (χ4v) is 0.983. The Morgan fingerprint density at radius 1 is 1.80 bits per heavy atom. The molecule has 1 aromatic heterocycles. The summed E-state index contributed by atoms with van der Waals surface area (Å²) in [6.45, 7) is 2.17. The van der Waals surface area contributed by atoms with E-state index in [0.717, 1.165) is 17.4 Å². The molecule has 0 saturated carbocycles. The van der Waals surface area contributed by atoms with E-state index in [4.69, 9.17) is 4.52 Å². The summed E-state index contributed by atoms with van der Waals surface area (Å²) < 4.78 is 4.69. The van der Waals surface area contributed by atoms with E-state index < -0.39 is 0 Å². The molecular formula is C7H10BrNO. The predicted molar refractivity (Wildman–Crippen MR) is 43.2 cm³/mol. The van der Waals surface area contributed by atoms with Crippen molar-refractivity contribution < 1.29 is 4.52 Å². The Balaban J connectivity index is 2.40. The number of rotatable bonds is 3. The molecule has 0 fully saturated rings. The molecule has 0 amide bonds. The lowest BCUT2D eigenvalue weighted by Gasteiger charge is -2.01. The van der Waals surface area contributed by atoms with Crippen molar-refractivity contribution in [2.24, 2.45) is 5.92 Å². The van der Waals surface area contributed by atoms with Crippen LogP contribution < -0.4 is 0 Å². The largest absolute Gasteiger partial charge is 0.365 e. The van der Waals surface area contributed by atoms with Crippen molar-refractivity contribution in [1.82, 2.24) is 5.16 Å². The zero-order chi connectivity index (χ0) is 7.40. The number of nitrogens with zero attached hydrogens (tertiary/aromatic N) is 1. The maximum atomic E-state index is 4.69. The second-order valence-corrected chi connectivity index (χ2v) is 3.10. The van der Waals surface area contributed by atoms with Crippen molar-refractivity contribution in [3.63, 3.8) is 0 Å². The number of hydrogen-bond donors (Lipinski definition) is 0. The average molecular weight is 204 g/mol. The van der Waals surface area contributed by atoms with Crippen LogP contribution in [0.4, 0.5) is 0 Å². The predicted octanol–water partition coefficient (Wildman–Crippen LogP) is 2.25. The fraction of sp³-hybridized carbons (Fsp3) is 0.571. The first kappa shape index (κ1) is 7.79. The molecule has 1 unspecified atom stereocenters. The molecule has 0 N–H and O–H groups in total. The van der Waals surface area contributed by atoms with Gasteiger partial charge in [0.1, 0.15) is 6.26 Å². The van der Waals surface area contributed by atoms with E-state index in [0.29, 0.717) is 5.92 Å². The summed E-state index contributed by atoms with van der Waals surface area (Å²) in [5, 5.41) is 4.82. The van der Waals surface area contributed by atoms with Crippen molar-refractivity contribution in [2.75, 3.05) is 5.33 Å². The van der Waals surface area contributed by atoms with Gasteiger partial charge in [-0.15, -0.1) is 0 Å². The molecule has 1 aromatic rings. The summed E-state index contributed by atoms with van der Waals surface area (Å²) in [6.07, 6.45) is 2.60. The van der Waals surface area contributed by atoms with Gasteiger partial charge in [0.05, 0.1) is 5.69 Å². The molecule has 10 heavy (non-hydrogen) atoms. The molecule has 1 rings (SSSR count). The molecule has 1 heterocycles. The summed E-state index contributed by atoms with van der Waals surface area (Å²) in [6, 6.07) is 1.90. The van der Waals surface area contributed by atoms with Crippen LogP contribution in [-0.4, -0.2) is 10.5 Å². The Kier molecular flexibility index (Phi) is 2.93. The first-order chi connectivity index (χ1) is 4.83. The van der Waals surface area contributed by atoms with Gasteiger partial charge >= 0.3 is 0 Å². The number of alkyl halides is 1. The Bertz CT molecular complexity index is 174. The summed E-state index contributed by atoms with van der Waals surface area (Å²) >= 11 is 3.40. The quantitative estimate of drug-likeness (QED) is 0.705. The van der Waals surface area contributed by atoms with Crippen LogP contribution in [0.5, 0.6) is 0 Å². The van der Waals surface area contributed by atoms with Crippen molar-refractivity contribution in [3.05, 3.63) is 18.0 Å². The maximum absolute atomic E-state index is 4.69. The second-order valence-electron chi connectivity index (χ2n) is 2.45. The molecule has 2 nitrogen and oxygen atoms in total. The molecule has 3 heteroatoms. The Hall–Kier alpha value is -0.310. The van der Waals surface area contributed by atoms with Crippen LogP contribution in [0, 0.1) is 5.92 Å². The van der Waals surface area contributed by atoms with Gasteiger partial charge in [0, 0.05) is 11.4 Å². The highest BCUT2D eigenvalue weighted by atomic mass is 79.9. The molecule has 0 aliphatic rings. The summed E-state index contributed by atoms with van der Waals surface area (Å²) in [5.74, 6) is 0.630. The van der Waals surface area contributed by atoms with Gasteiger partial charge in [0.15, 0.2) is 0 Å². The number of hydrogen-bond acceptors (Lipinski definition) is 2. The van der Waals surface area contributed by atoms with Gasteiger partial charge in [0.2, 0.25) is 0 Å².